The van der Waals surface area contributed by atoms with Gasteiger partial charge in [-0.3, -0.25) is 9.59 Å². The molecule has 2 amide bonds. The van der Waals surface area contributed by atoms with Crippen molar-refractivity contribution in [2.45, 2.75) is 12.8 Å². The van der Waals surface area contributed by atoms with Gasteiger partial charge >= 0.3 is 0 Å². The summed E-state index contributed by atoms with van der Waals surface area (Å²) in [5.41, 5.74) is 0. The van der Waals surface area contributed by atoms with Crippen molar-refractivity contribution in [3.63, 3.8) is 0 Å². The topological polar surface area (TPSA) is 85.5 Å². The summed E-state index contributed by atoms with van der Waals surface area (Å²) in [5.74, 6) is 1.74. The predicted molar refractivity (Wildman–Crippen MR) is 105 cm³/mol. The second-order valence-electron chi connectivity index (χ2n) is 7.04. The second kappa shape index (κ2) is 14.2. The summed E-state index contributed by atoms with van der Waals surface area (Å²) in [6.45, 7) is 10.8. The molecule has 9 heteroatoms. The first-order chi connectivity index (χ1) is 13.2. The van der Waals surface area contributed by atoms with E-state index in [1.807, 2.05) is 0 Å². The highest BCUT2D eigenvalue weighted by Gasteiger charge is 2.14. The van der Waals surface area contributed by atoms with Gasteiger partial charge in [-0.05, 0) is 0 Å². The average Bonchev–Trinajstić information content (AvgIpc) is 2.69. The van der Waals surface area contributed by atoms with Crippen LogP contribution in [0.25, 0.3) is 0 Å². The van der Waals surface area contributed by atoms with Crippen LogP contribution in [0.15, 0.2) is 0 Å². The van der Waals surface area contributed by atoms with E-state index in [1.165, 1.54) is 9.80 Å². The minimum atomic E-state index is 0.105. The number of hydrogen-bond donors (Lipinski definition) is 4. The van der Waals surface area contributed by atoms with Crippen LogP contribution in [0.2, 0.25) is 0 Å². The van der Waals surface area contributed by atoms with Crippen molar-refractivity contribution in [2.24, 2.45) is 0 Å². The van der Waals surface area contributed by atoms with Crippen molar-refractivity contribution in [1.82, 2.24) is 10.6 Å². The number of amides is 2. The minimum Gasteiger partial charge on any atom is -0.370 e. The largest absolute Gasteiger partial charge is 0.370 e. The highest BCUT2D eigenvalue weighted by molar-refractivity contribution is 7.99. The van der Waals surface area contributed by atoms with Gasteiger partial charge in [0.2, 0.25) is 11.8 Å². The summed E-state index contributed by atoms with van der Waals surface area (Å²) >= 11 is 1.67. The third kappa shape index (κ3) is 10.9. The van der Waals surface area contributed by atoms with Gasteiger partial charge in [0.15, 0.2) is 0 Å². The molecule has 2 rings (SSSR count). The van der Waals surface area contributed by atoms with Crippen molar-refractivity contribution in [3.8, 4) is 0 Å². The fourth-order valence-electron chi connectivity index (χ4n) is 3.19. The third-order valence-corrected chi connectivity index (χ3v) is 5.93. The molecule has 2 aliphatic rings. The van der Waals surface area contributed by atoms with Crippen LogP contribution in [0.4, 0.5) is 0 Å². The molecule has 2 heterocycles. The van der Waals surface area contributed by atoms with Crippen molar-refractivity contribution >= 4 is 23.6 Å². The number of nitrogens with one attached hydrogen (secondary N) is 4. The highest BCUT2D eigenvalue weighted by atomic mass is 32.2. The maximum Gasteiger partial charge on any atom is 0.221 e. The first-order valence-electron chi connectivity index (χ1n) is 10.2. The van der Waals surface area contributed by atoms with E-state index in [4.69, 9.17) is 9.47 Å². The molecular weight excluding hydrogens is 368 g/mol. The van der Waals surface area contributed by atoms with Crippen LogP contribution in [-0.4, -0.2) is 102 Å². The molecule has 0 atom stereocenters. The molecule has 0 bridgehead atoms. The van der Waals surface area contributed by atoms with Gasteiger partial charge < -0.3 is 29.9 Å². The van der Waals surface area contributed by atoms with Gasteiger partial charge in [0.05, 0.1) is 52.6 Å². The average molecular weight is 405 g/mol. The molecule has 0 radical (unpaired) electrons. The third-order valence-electron chi connectivity index (χ3n) is 4.95. The number of carbonyl (C=O) groups is 2. The molecule has 8 nitrogen and oxygen atoms in total. The van der Waals surface area contributed by atoms with Gasteiger partial charge in [0.25, 0.3) is 0 Å². The number of quaternary nitrogens is 2. The molecule has 2 saturated heterocycles. The molecule has 0 spiro atoms. The van der Waals surface area contributed by atoms with E-state index in [1.54, 1.807) is 11.8 Å². The summed E-state index contributed by atoms with van der Waals surface area (Å²) in [6, 6.07) is 0. The van der Waals surface area contributed by atoms with Crippen molar-refractivity contribution in [3.05, 3.63) is 0 Å². The van der Waals surface area contributed by atoms with E-state index in [2.05, 4.69) is 10.6 Å². The summed E-state index contributed by atoms with van der Waals surface area (Å²) in [7, 11) is 0. The van der Waals surface area contributed by atoms with Crippen LogP contribution in [0.1, 0.15) is 12.8 Å². The second-order valence-corrected chi connectivity index (χ2v) is 8.26. The number of thioether (sulfide) groups is 1. The number of carbonyl (C=O) groups excluding carboxylic acids is 2. The Bertz CT molecular complexity index is 392. The lowest BCUT2D eigenvalue weighted by molar-refractivity contribution is -0.906. The Balaban J connectivity index is 1.36. The van der Waals surface area contributed by atoms with Crippen LogP contribution >= 0.6 is 11.8 Å². The molecule has 0 aromatic carbocycles. The SMILES string of the molecule is O=C(CCSCCC(=O)NCC[NH+]1CCOCC1)NCC[NH+]1CCOCC1. The van der Waals surface area contributed by atoms with Gasteiger partial charge in [-0.2, -0.15) is 11.8 Å². The number of ether oxygens (including phenoxy) is 2. The summed E-state index contributed by atoms with van der Waals surface area (Å²) in [4.78, 5) is 26.6. The predicted octanol–water partition coefficient (Wildman–Crippen LogP) is -3.44. The number of hydrogen-bond acceptors (Lipinski definition) is 5. The molecular formula is C18H36N4O4S+2. The van der Waals surface area contributed by atoms with Gasteiger partial charge in [-0.25, -0.2) is 0 Å². The zero-order valence-electron chi connectivity index (χ0n) is 16.4. The molecule has 0 aromatic heterocycles. The van der Waals surface area contributed by atoms with E-state index in [0.29, 0.717) is 12.8 Å². The molecule has 2 aliphatic heterocycles. The Labute approximate surface area is 166 Å². The smallest absolute Gasteiger partial charge is 0.221 e. The monoisotopic (exact) mass is 404 g/mol. The van der Waals surface area contributed by atoms with Crippen LogP contribution in [0.5, 0.6) is 0 Å². The standard InChI is InChI=1S/C18H34N4O4S/c23-17(19-3-5-21-7-11-25-12-8-21)1-15-27-16-2-18(24)20-4-6-22-9-13-26-14-10-22/h1-16H2,(H,19,23)(H,20,24)/p+2. The van der Waals surface area contributed by atoms with Gasteiger partial charge in [-0.15, -0.1) is 0 Å². The van der Waals surface area contributed by atoms with Crippen LogP contribution in [0, 0.1) is 0 Å². The Morgan fingerprint density at radius 1 is 0.741 bits per heavy atom. The molecule has 0 aliphatic carbocycles. The first kappa shape index (κ1) is 22.4. The van der Waals surface area contributed by atoms with Crippen LogP contribution < -0.4 is 20.4 Å². The quantitative estimate of drug-likeness (QED) is 0.255. The maximum atomic E-state index is 11.8. The van der Waals surface area contributed by atoms with Crippen molar-refractivity contribution < 1.29 is 28.9 Å². The van der Waals surface area contributed by atoms with E-state index >= 15 is 0 Å². The van der Waals surface area contributed by atoms with Gasteiger partial charge in [0.1, 0.15) is 26.2 Å². The lowest BCUT2D eigenvalue weighted by Gasteiger charge is -2.23. The lowest BCUT2D eigenvalue weighted by Crippen LogP contribution is -3.14. The number of rotatable bonds is 12. The van der Waals surface area contributed by atoms with E-state index in [9.17, 15) is 9.59 Å². The maximum absolute atomic E-state index is 11.8. The molecule has 156 valence electrons. The molecule has 0 aromatic rings. The highest BCUT2D eigenvalue weighted by Crippen LogP contribution is 2.04. The lowest BCUT2D eigenvalue weighted by atomic mass is 10.4. The molecule has 0 unspecified atom stereocenters. The summed E-state index contributed by atoms with van der Waals surface area (Å²) in [6.07, 6.45) is 1.04. The normalized spacial score (nSPS) is 19.0. The van der Waals surface area contributed by atoms with E-state index in [-0.39, 0.29) is 11.8 Å². The number of morpholine rings is 2. The first-order valence-corrected chi connectivity index (χ1v) is 11.3. The zero-order chi connectivity index (χ0) is 19.2. The molecule has 0 saturated carbocycles. The Kier molecular flexibility index (Phi) is 11.8. The van der Waals surface area contributed by atoms with Crippen LogP contribution in [-0.2, 0) is 19.1 Å². The Morgan fingerprint density at radius 3 is 1.56 bits per heavy atom. The van der Waals surface area contributed by atoms with Crippen molar-refractivity contribution in [1.29, 1.82) is 0 Å². The molecule has 4 N–H and O–H groups in total. The molecule has 2 fully saturated rings. The Hall–Kier alpha value is -0.870. The summed E-state index contributed by atoms with van der Waals surface area (Å²) < 4.78 is 10.6. The fraction of sp³-hybridized carbons (Fsp3) is 0.889. The molecule has 27 heavy (non-hydrogen) atoms. The Morgan fingerprint density at radius 2 is 1.15 bits per heavy atom. The van der Waals surface area contributed by atoms with Gasteiger partial charge in [-0.1, -0.05) is 0 Å². The van der Waals surface area contributed by atoms with E-state index < -0.39 is 0 Å². The van der Waals surface area contributed by atoms with Crippen molar-refractivity contribution in [2.75, 3.05) is 90.3 Å². The zero-order valence-corrected chi connectivity index (χ0v) is 17.2. The fourth-order valence-corrected chi connectivity index (χ4v) is 4.05. The summed E-state index contributed by atoms with van der Waals surface area (Å²) in [5, 5.41) is 5.97. The van der Waals surface area contributed by atoms with Crippen LogP contribution in [0.3, 0.4) is 0 Å². The minimum absolute atomic E-state index is 0.105. The van der Waals surface area contributed by atoms with E-state index in [0.717, 1.165) is 90.3 Å². The van der Waals surface area contributed by atoms with Gasteiger partial charge in [0, 0.05) is 24.3 Å².